The first kappa shape index (κ1) is 7.24. The van der Waals surface area contributed by atoms with Gasteiger partial charge in [-0.05, 0) is 0 Å². The van der Waals surface area contributed by atoms with E-state index in [2.05, 4.69) is 9.92 Å². The molecule has 0 aliphatic rings. The SMILES string of the molecule is C=NI(N)N(N)N. The number of rotatable bonds is 2. The summed E-state index contributed by atoms with van der Waals surface area (Å²) in [5.74, 6) is 9.94. The van der Waals surface area contributed by atoms with Crippen LogP contribution in [0.2, 0.25) is 0 Å². The summed E-state index contributed by atoms with van der Waals surface area (Å²) in [7, 11) is 0. The quantitative estimate of drug-likeness (QED) is 0.181. The number of hydrogen-bond donors (Lipinski definition) is 3. The summed E-state index contributed by atoms with van der Waals surface area (Å²) in [6, 6.07) is 0. The van der Waals surface area contributed by atoms with Crippen LogP contribution in [0.15, 0.2) is 3.21 Å². The normalized spacial score (nSPS) is 11.7. The zero-order valence-electron chi connectivity index (χ0n) is 3.71. The van der Waals surface area contributed by atoms with E-state index in [9.17, 15) is 0 Å². The first-order chi connectivity index (χ1) is 3.18. The topological polar surface area (TPSA) is 93.7 Å². The second kappa shape index (κ2) is 3.27. The zero-order valence-corrected chi connectivity index (χ0v) is 5.87. The Morgan fingerprint density at radius 3 is 2.00 bits per heavy atom. The molecular formula is CH8IN5. The molecule has 0 spiro atoms. The molecule has 0 aromatic rings. The molecule has 0 aromatic heterocycles. The fourth-order valence-corrected chi connectivity index (χ4v) is 0.414. The minimum atomic E-state index is -2.00. The molecule has 0 unspecified atom stereocenters. The molecule has 0 aliphatic heterocycles. The van der Waals surface area contributed by atoms with E-state index >= 15 is 0 Å². The van der Waals surface area contributed by atoms with Crippen LogP contribution in [0.4, 0.5) is 0 Å². The second-order valence-electron chi connectivity index (χ2n) is 0.735. The summed E-state index contributed by atoms with van der Waals surface area (Å²) in [6.07, 6.45) is 0. The van der Waals surface area contributed by atoms with Crippen molar-refractivity contribution in [1.82, 2.24) is 3.33 Å². The molecular weight excluding hydrogens is 209 g/mol. The Morgan fingerprint density at radius 2 is 2.00 bits per heavy atom. The summed E-state index contributed by atoms with van der Waals surface area (Å²) in [5.41, 5.74) is 0. The number of hydrogen-bond acceptors (Lipinski definition) is 5. The van der Waals surface area contributed by atoms with E-state index in [0.717, 1.165) is 3.33 Å². The predicted octanol–water partition coefficient (Wildman–Crippen LogP) is -1.05. The molecule has 0 amide bonds. The van der Waals surface area contributed by atoms with Gasteiger partial charge in [0.1, 0.15) is 0 Å². The summed E-state index contributed by atoms with van der Waals surface area (Å²) < 4.78 is 9.60. The molecule has 44 valence electrons. The third kappa shape index (κ3) is 2.88. The molecule has 0 aromatic carbocycles. The molecule has 0 rings (SSSR count). The van der Waals surface area contributed by atoms with Crippen molar-refractivity contribution in [3.05, 3.63) is 0 Å². The van der Waals surface area contributed by atoms with E-state index in [1.165, 1.54) is 0 Å². The van der Waals surface area contributed by atoms with Crippen molar-refractivity contribution < 1.29 is 0 Å². The molecule has 0 saturated heterocycles. The van der Waals surface area contributed by atoms with Crippen LogP contribution >= 0.6 is 20.6 Å². The fraction of sp³-hybridized carbons (Fsp3) is 0. The maximum atomic E-state index is 5.22. The molecule has 0 fully saturated rings. The molecule has 0 bridgehead atoms. The van der Waals surface area contributed by atoms with Crippen molar-refractivity contribution in [3.8, 4) is 0 Å². The van der Waals surface area contributed by atoms with Crippen LogP contribution in [-0.4, -0.2) is 10.0 Å². The van der Waals surface area contributed by atoms with E-state index in [1.807, 2.05) is 0 Å². The number of nitrogens with zero attached hydrogens (tertiary/aromatic N) is 2. The average Bonchev–Trinajstić information content (AvgIpc) is 1.65. The average molecular weight is 217 g/mol. The first-order valence-electron chi connectivity index (χ1n) is 1.39. The third-order valence-corrected chi connectivity index (χ3v) is 2.16. The Balaban J connectivity index is 3.33. The van der Waals surface area contributed by atoms with E-state index in [0.29, 0.717) is 0 Å². The van der Waals surface area contributed by atoms with Crippen molar-refractivity contribution in [2.45, 2.75) is 0 Å². The summed E-state index contributed by atoms with van der Waals surface area (Å²) in [5, 5.41) is 0. The van der Waals surface area contributed by atoms with Crippen LogP contribution in [0, 0.1) is 0 Å². The minimum absolute atomic E-state index is 0.928. The Bertz CT molecular complexity index is 61.1. The molecule has 0 saturated carbocycles. The van der Waals surface area contributed by atoms with Gasteiger partial charge < -0.3 is 0 Å². The van der Waals surface area contributed by atoms with Crippen LogP contribution in [0.25, 0.3) is 0 Å². The molecule has 7 heavy (non-hydrogen) atoms. The van der Waals surface area contributed by atoms with Crippen LogP contribution in [-0.2, 0) is 0 Å². The van der Waals surface area contributed by atoms with E-state index in [4.69, 9.17) is 15.6 Å². The Labute approximate surface area is 49.9 Å². The number of halogens is 1. The van der Waals surface area contributed by atoms with E-state index < -0.39 is 20.6 Å². The number of nitrogens with two attached hydrogens (primary N) is 3. The van der Waals surface area contributed by atoms with Gasteiger partial charge in [-0.1, -0.05) is 0 Å². The van der Waals surface area contributed by atoms with Crippen LogP contribution < -0.4 is 15.6 Å². The molecule has 6 heteroatoms. The molecule has 0 radical (unpaired) electrons. The zero-order chi connectivity index (χ0) is 5.86. The fourth-order valence-electron chi connectivity index (χ4n) is 0.0617. The van der Waals surface area contributed by atoms with Gasteiger partial charge in [0.05, 0.1) is 0 Å². The summed E-state index contributed by atoms with van der Waals surface area (Å²) >= 11 is -2.00. The first-order valence-corrected chi connectivity index (χ1v) is 4.56. The molecule has 0 atom stereocenters. The standard InChI is InChI=1S/CH8IN5/c1-6-2(3)7(4)5/h1,3-5H2. The molecule has 6 N–H and O–H groups in total. The van der Waals surface area contributed by atoms with Gasteiger partial charge in [-0.15, -0.1) is 0 Å². The molecule has 0 heterocycles. The van der Waals surface area contributed by atoms with Crippen molar-refractivity contribution >= 4 is 27.4 Å². The Kier molecular flexibility index (Phi) is 3.38. The van der Waals surface area contributed by atoms with Crippen LogP contribution in [0.1, 0.15) is 0 Å². The van der Waals surface area contributed by atoms with Gasteiger partial charge in [0.15, 0.2) is 0 Å². The van der Waals surface area contributed by atoms with Gasteiger partial charge >= 0.3 is 49.5 Å². The molecule has 5 nitrogen and oxygen atoms in total. The Morgan fingerprint density at radius 1 is 1.57 bits per heavy atom. The summed E-state index contributed by atoms with van der Waals surface area (Å²) in [6.45, 7) is 3.17. The Hall–Kier alpha value is 0.240. The van der Waals surface area contributed by atoms with Crippen LogP contribution in [0.5, 0.6) is 0 Å². The van der Waals surface area contributed by atoms with Gasteiger partial charge in [0, 0.05) is 0 Å². The van der Waals surface area contributed by atoms with Gasteiger partial charge in [-0.2, -0.15) is 0 Å². The van der Waals surface area contributed by atoms with Crippen LogP contribution in [0.3, 0.4) is 0 Å². The van der Waals surface area contributed by atoms with E-state index in [1.54, 1.807) is 0 Å². The van der Waals surface area contributed by atoms with Crippen molar-refractivity contribution in [2.75, 3.05) is 0 Å². The van der Waals surface area contributed by atoms with Gasteiger partial charge in [0.25, 0.3) is 0 Å². The second-order valence-corrected chi connectivity index (χ2v) is 4.08. The van der Waals surface area contributed by atoms with Gasteiger partial charge in [-0.3, -0.25) is 0 Å². The summed E-state index contributed by atoms with van der Waals surface area (Å²) in [4.78, 5) is 0. The number of hydrazine groups is 2. The predicted molar refractivity (Wildman–Crippen MR) is 38.0 cm³/mol. The monoisotopic (exact) mass is 217 g/mol. The van der Waals surface area contributed by atoms with Gasteiger partial charge in [-0.25, -0.2) is 0 Å². The molecule has 0 aliphatic carbocycles. The van der Waals surface area contributed by atoms with E-state index in [-0.39, 0.29) is 0 Å². The van der Waals surface area contributed by atoms with Gasteiger partial charge in [0.2, 0.25) is 0 Å². The third-order valence-electron chi connectivity index (χ3n) is 0.322. The maximum absolute atomic E-state index is 5.22. The van der Waals surface area contributed by atoms with Crippen molar-refractivity contribution in [1.29, 1.82) is 0 Å². The van der Waals surface area contributed by atoms with Crippen molar-refractivity contribution in [3.63, 3.8) is 0 Å². The van der Waals surface area contributed by atoms with Crippen molar-refractivity contribution in [2.24, 2.45) is 18.8 Å².